The fraction of sp³-hybridized carbons (Fsp3) is 0.368. The second-order valence-electron chi connectivity index (χ2n) is 7.06. The zero-order chi connectivity index (χ0) is 22.2. The molecule has 0 bridgehead atoms. The van der Waals surface area contributed by atoms with Crippen molar-refractivity contribution in [2.45, 2.75) is 33.0 Å². The van der Waals surface area contributed by atoms with E-state index in [-0.39, 0.29) is 11.6 Å². The Kier molecular flexibility index (Phi) is 5.55. The largest absolute Gasteiger partial charge is 0.478 e. The molecule has 0 spiro atoms. The summed E-state index contributed by atoms with van der Waals surface area (Å²) in [5, 5.41) is 7.56. The average Bonchev–Trinajstić information content (AvgIpc) is 2.95. The number of nitrogens with zero attached hydrogens (tertiary/aromatic N) is 4. The molecule has 3 rings (SSSR count). The lowest BCUT2D eigenvalue weighted by atomic mass is 10.1. The van der Waals surface area contributed by atoms with E-state index in [1.54, 1.807) is 43.9 Å². The third kappa shape index (κ3) is 4.44. The number of hydrogen-bond donors (Lipinski definition) is 1. The summed E-state index contributed by atoms with van der Waals surface area (Å²) in [6.07, 6.45) is -1.31. The molecule has 3 aromatic rings. The second-order valence-corrected chi connectivity index (χ2v) is 7.06. The first-order chi connectivity index (χ1) is 14.0. The number of rotatable bonds is 5. The molecule has 0 aliphatic heterocycles. The van der Waals surface area contributed by atoms with Gasteiger partial charge in [-0.25, -0.2) is 9.67 Å². The monoisotopic (exact) mass is 423 g/mol. The average molecular weight is 423 g/mol. The van der Waals surface area contributed by atoms with Crippen LogP contribution in [-0.4, -0.2) is 38.0 Å². The van der Waals surface area contributed by atoms with Crippen LogP contribution in [0.5, 0.6) is 5.75 Å². The number of aryl methyl sites for hydroxylation is 1. The molecule has 0 radical (unpaired) electrons. The van der Waals surface area contributed by atoms with E-state index in [2.05, 4.69) is 15.4 Å². The summed E-state index contributed by atoms with van der Waals surface area (Å²) >= 11 is 0. The van der Waals surface area contributed by atoms with Gasteiger partial charge in [0, 0.05) is 37.2 Å². The number of nitrogens with one attached hydrogen (secondary N) is 1. The highest BCUT2D eigenvalue weighted by Gasteiger charge is 2.29. The van der Waals surface area contributed by atoms with Crippen molar-refractivity contribution in [2.24, 2.45) is 7.05 Å². The number of anilines is 1. The first-order valence-electron chi connectivity index (χ1n) is 9.02. The topological polar surface area (TPSA) is 91.0 Å². The van der Waals surface area contributed by atoms with E-state index in [1.807, 2.05) is 0 Å². The predicted octanol–water partition coefficient (Wildman–Crippen LogP) is 3.28. The smallest absolute Gasteiger partial charge is 0.422 e. The highest BCUT2D eigenvalue weighted by molar-refractivity contribution is 5.98. The zero-order valence-electron chi connectivity index (χ0n) is 16.7. The van der Waals surface area contributed by atoms with Gasteiger partial charge in [-0.15, -0.1) is 0 Å². The highest BCUT2D eigenvalue weighted by atomic mass is 19.4. The van der Waals surface area contributed by atoms with Crippen molar-refractivity contribution in [3.05, 3.63) is 34.9 Å². The van der Waals surface area contributed by atoms with Crippen molar-refractivity contribution >= 4 is 22.6 Å². The van der Waals surface area contributed by atoms with Crippen LogP contribution in [0.15, 0.2) is 29.3 Å². The van der Waals surface area contributed by atoms with Gasteiger partial charge >= 0.3 is 11.7 Å². The van der Waals surface area contributed by atoms with Gasteiger partial charge in [-0.05, 0) is 19.9 Å². The number of hydrogen-bond acceptors (Lipinski definition) is 5. The van der Waals surface area contributed by atoms with Crippen LogP contribution in [0, 0.1) is 0 Å². The molecule has 3 aromatic heterocycles. The van der Waals surface area contributed by atoms with Gasteiger partial charge < -0.3 is 14.6 Å². The summed E-state index contributed by atoms with van der Waals surface area (Å²) in [7, 11) is 1.77. The molecule has 8 nitrogen and oxygen atoms in total. The number of fused-ring (bicyclic) bond motifs is 1. The van der Waals surface area contributed by atoms with Gasteiger partial charge in [-0.1, -0.05) is 0 Å². The first-order valence-corrected chi connectivity index (χ1v) is 9.02. The van der Waals surface area contributed by atoms with E-state index in [4.69, 9.17) is 4.74 Å². The lowest BCUT2D eigenvalue weighted by Gasteiger charge is -2.14. The molecule has 0 aromatic carbocycles. The van der Waals surface area contributed by atoms with Crippen molar-refractivity contribution in [1.82, 2.24) is 19.3 Å². The summed E-state index contributed by atoms with van der Waals surface area (Å²) in [6, 6.07) is 2.42. The molecule has 0 saturated heterocycles. The normalized spacial score (nSPS) is 11.9. The number of aromatic nitrogens is 4. The molecule has 0 atom stereocenters. The number of halogens is 3. The lowest BCUT2D eigenvalue weighted by Crippen LogP contribution is -2.29. The van der Waals surface area contributed by atoms with Gasteiger partial charge in [0.1, 0.15) is 5.82 Å². The molecule has 11 heteroatoms. The number of alkyl halides is 3. The van der Waals surface area contributed by atoms with Gasteiger partial charge in [-0.2, -0.15) is 18.3 Å². The Morgan fingerprint density at radius 1 is 1.30 bits per heavy atom. The standard InChI is InChI=1S/C19H20F3N5O3/c1-10(2)27-18(29)16(30-9-19(20,21)22)6-14(25-27)13-8-26(4)15-7-23-17(5-12(13)15)24-11(3)28/h5-8,10H,9H2,1-4H3,(H,23,24,28). The Labute approximate surface area is 169 Å². The van der Waals surface area contributed by atoms with Gasteiger partial charge in [-0.3, -0.25) is 9.59 Å². The number of carbonyl (C=O) groups excluding carboxylic acids is 1. The second kappa shape index (κ2) is 7.81. The van der Waals surface area contributed by atoms with Crippen LogP contribution in [0.25, 0.3) is 22.2 Å². The molecule has 3 heterocycles. The van der Waals surface area contributed by atoms with Crippen LogP contribution < -0.4 is 15.6 Å². The molecule has 1 amide bonds. The molecule has 0 unspecified atom stereocenters. The van der Waals surface area contributed by atoms with Crippen molar-refractivity contribution < 1.29 is 22.7 Å². The molecular weight excluding hydrogens is 403 g/mol. The molecule has 1 N–H and O–H groups in total. The maximum Gasteiger partial charge on any atom is 0.422 e. The molecule has 0 saturated carbocycles. The van der Waals surface area contributed by atoms with Crippen LogP contribution in [0.4, 0.5) is 19.0 Å². The van der Waals surface area contributed by atoms with Crippen LogP contribution >= 0.6 is 0 Å². The highest BCUT2D eigenvalue weighted by Crippen LogP contribution is 2.31. The lowest BCUT2D eigenvalue weighted by molar-refractivity contribution is -0.153. The van der Waals surface area contributed by atoms with Gasteiger partial charge in [0.05, 0.1) is 23.4 Å². The first kappa shape index (κ1) is 21.3. The van der Waals surface area contributed by atoms with E-state index in [9.17, 15) is 22.8 Å². The summed E-state index contributed by atoms with van der Waals surface area (Å²) < 4.78 is 45.5. The van der Waals surface area contributed by atoms with Crippen LogP contribution in [0.2, 0.25) is 0 Å². The summed E-state index contributed by atoms with van der Waals surface area (Å²) in [4.78, 5) is 28.0. The minimum atomic E-state index is -4.59. The van der Waals surface area contributed by atoms with Gasteiger partial charge in [0.15, 0.2) is 12.4 Å². The maximum absolute atomic E-state index is 12.6. The van der Waals surface area contributed by atoms with E-state index in [0.29, 0.717) is 22.3 Å². The van der Waals surface area contributed by atoms with E-state index in [1.165, 1.54) is 13.0 Å². The van der Waals surface area contributed by atoms with Crippen LogP contribution in [-0.2, 0) is 11.8 Å². The number of ether oxygens (including phenoxy) is 1. The Hall–Kier alpha value is -3.37. The van der Waals surface area contributed by atoms with Crippen LogP contribution in [0.3, 0.4) is 0 Å². The molecular formula is C19H20F3N5O3. The van der Waals surface area contributed by atoms with Crippen molar-refractivity contribution in [2.75, 3.05) is 11.9 Å². The minimum absolute atomic E-state index is 0.256. The zero-order valence-corrected chi connectivity index (χ0v) is 16.7. The van der Waals surface area contributed by atoms with Crippen molar-refractivity contribution in [1.29, 1.82) is 0 Å². The third-order valence-electron chi connectivity index (χ3n) is 4.24. The minimum Gasteiger partial charge on any atom is -0.478 e. The number of pyridine rings is 1. The maximum atomic E-state index is 12.6. The number of carbonyl (C=O) groups is 1. The molecule has 0 aliphatic carbocycles. The predicted molar refractivity (Wildman–Crippen MR) is 104 cm³/mol. The molecule has 0 aliphatic rings. The molecule has 0 fully saturated rings. The van der Waals surface area contributed by atoms with Gasteiger partial charge in [0.2, 0.25) is 5.91 Å². The summed E-state index contributed by atoms with van der Waals surface area (Å²) in [6.45, 7) is 3.14. The fourth-order valence-electron chi connectivity index (χ4n) is 2.96. The Morgan fingerprint density at radius 2 is 2.00 bits per heavy atom. The van der Waals surface area contributed by atoms with E-state index in [0.717, 1.165) is 4.68 Å². The third-order valence-corrected chi connectivity index (χ3v) is 4.24. The fourth-order valence-corrected chi connectivity index (χ4v) is 2.96. The van der Waals surface area contributed by atoms with Crippen LogP contribution in [0.1, 0.15) is 26.8 Å². The quantitative estimate of drug-likeness (QED) is 0.680. The summed E-state index contributed by atoms with van der Waals surface area (Å²) in [5.74, 6) is -0.430. The van der Waals surface area contributed by atoms with Crippen molar-refractivity contribution in [3.63, 3.8) is 0 Å². The SMILES string of the molecule is CC(=O)Nc1cc2c(-c3cc(OCC(F)(F)F)c(=O)n(C(C)C)n3)cn(C)c2cn1. The van der Waals surface area contributed by atoms with E-state index < -0.39 is 30.1 Å². The molecule has 30 heavy (non-hydrogen) atoms. The van der Waals surface area contributed by atoms with Gasteiger partial charge in [0.25, 0.3) is 0 Å². The Morgan fingerprint density at radius 3 is 2.60 bits per heavy atom. The molecule has 160 valence electrons. The van der Waals surface area contributed by atoms with Crippen molar-refractivity contribution in [3.8, 4) is 17.0 Å². The Bertz CT molecular complexity index is 1160. The number of amides is 1. The Balaban J connectivity index is 2.18. The van der Waals surface area contributed by atoms with E-state index >= 15 is 0 Å². The summed E-state index contributed by atoms with van der Waals surface area (Å²) in [5.41, 5.74) is 0.763.